The zero-order chi connectivity index (χ0) is 14.7. The van der Waals surface area contributed by atoms with Crippen LogP contribution in [0.2, 0.25) is 0 Å². The summed E-state index contributed by atoms with van der Waals surface area (Å²) >= 11 is 0. The number of aliphatic hydroxyl groups excluding tert-OH is 1. The van der Waals surface area contributed by atoms with Gasteiger partial charge in [-0.05, 0) is 36.6 Å². The lowest BCUT2D eigenvalue weighted by Crippen LogP contribution is -2.38. The first-order valence-corrected chi connectivity index (χ1v) is 6.79. The van der Waals surface area contributed by atoms with Crippen molar-refractivity contribution in [1.29, 1.82) is 0 Å². The first-order chi connectivity index (χ1) is 9.49. The molecule has 0 bridgehead atoms. The summed E-state index contributed by atoms with van der Waals surface area (Å²) in [5.41, 5.74) is 7.73. The quantitative estimate of drug-likeness (QED) is 0.628. The van der Waals surface area contributed by atoms with E-state index in [0.29, 0.717) is 17.3 Å². The second-order valence-corrected chi connectivity index (χ2v) is 5.51. The van der Waals surface area contributed by atoms with E-state index in [-0.39, 0.29) is 18.6 Å². The molecule has 1 aromatic carbocycles. The average Bonchev–Trinajstić information content (AvgIpc) is 2.80. The van der Waals surface area contributed by atoms with Gasteiger partial charge in [0.15, 0.2) is 0 Å². The number of carbonyl (C=O) groups excluding carboxylic acids is 1. The maximum atomic E-state index is 12.2. The van der Waals surface area contributed by atoms with Crippen LogP contribution < -0.4 is 11.1 Å². The largest absolute Gasteiger partial charge is 0.399 e. The van der Waals surface area contributed by atoms with Gasteiger partial charge in [-0.3, -0.25) is 4.79 Å². The molecule has 108 valence electrons. The van der Waals surface area contributed by atoms with Crippen molar-refractivity contribution in [1.82, 2.24) is 10.3 Å². The Morgan fingerprint density at radius 1 is 1.40 bits per heavy atom. The summed E-state index contributed by atoms with van der Waals surface area (Å²) in [5.74, 6) is 0.203. The highest BCUT2D eigenvalue weighted by molar-refractivity contribution is 5.98. The molecule has 5 N–H and O–H groups in total. The zero-order valence-corrected chi connectivity index (χ0v) is 11.8. The van der Waals surface area contributed by atoms with Gasteiger partial charge in [-0.15, -0.1) is 0 Å². The van der Waals surface area contributed by atoms with E-state index in [1.807, 2.05) is 12.1 Å². The summed E-state index contributed by atoms with van der Waals surface area (Å²) in [6, 6.07) is 7.00. The van der Waals surface area contributed by atoms with E-state index in [4.69, 9.17) is 5.73 Å². The zero-order valence-electron chi connectivity index (χ0n) is 11.8. The average molecular weight is 275 g/mol. The number of amides is 1. The number of nitrogens with two attached hydrogens (primary N) is 1. The molecule has 0 aliphatic heterocycles. The van der Waals surface area contributed by atoms with Gasteiger partial charge in [-0.2, -0.15) is 0 Å². The second kappa shape index (κ2) is 5.96. The maximum Gasteiger partial charge on any atom is 0.268 e. The highest BCUT2D eigenvalue weighted by Gasteiger charge is 2.16. The van der Waals surface area contributed by atoms with Crippen LogP contribution in [-0.4, -0.2) is 28.6 Å². The van der Waals surface area contributed by atoms with Crippen molar-refractivity contribution < 1.29 is 9.90 Å². The number of hydrogen-bond acceptors (Lipinski definition) is 3. The van der Waals surface area contributed by atoms with Crippen molar-refractivity contribution in [2.75, 3.05) is 12.3 Å². The minimum Gasteiger partial charge on any atom is -0.399 e. The third kappa shape index (κ3) is 3.30. The lowest BCUT2D eigenvalue weighted by Gasteiger charge is -2.17. The topological polar surface area (TPSA) is 91.1 Å². The molecule has 0 fully saturated rings. The molecule has 1 unspecified atom stereocenters. The Bertz CT molecular complexity index is 604. The number of nitrogens with one attached hydrogen (secondary N) is 2. The number of benzene rings is 1. The first kappa shape index (κ1) is 14.4. The number of fused-ring (bicyclic) bond motifs is 1. The normalized spacial score (nSPS) is 12.8. The molecular weight excluding hydrogens is 254 g/mol. The van der Waals surface area contributed by atoms with Crippen molar-refractivity contribution in [3.8, 4) is 0 Å². The monoisotopic (exact) mass is 275 g/mol. The number of aromatic nitrogens is 1. The van der Waals surface area contributed by atoms with Crippen molar-refractivity contribution in [2.45, 2.75) is 26.3 Å². The van der Waals surface area contributed by atoms with E-state index in [2.05, 4.69) is 24.1 Å². The second-order valence-electron chi connectivity index (χ2n) is 5.51. The van der Waals surface area contributed by atoms with Gasteiger partial charge in [0.25, 0.3) is 5.91 Å². The van der Waals surface area contributed by atoms with Crippen LogP contribution in [0.4, 0.5) is 5.69 Å². The molecule has 2 rings (SSSR count). The molecule has 5 nitrogen and oxygen atoms in total. The van der Waals surface area contributed by atoms with E-state index in [0.717, 1.165) is 17.3 Å². The molecule has 0 spiro atoms. The molecule has 0 saturated carbocycles. The van der Waals surface area contributed by atoms with Gasteiger partial charge < -0.3 is 21.1 Å². The van der Waals surface area contributed by atoms with Gasteiger partial charge in [-0.1, -0.05) is 13.8 Å². The summed E-state index contributed by atoms with van der Waals surface area (Å²) in [7, 11) is 0. The Kier molecular flexibility index (Phi) is 4.29. The number of aromatic amines is 1. The van der Waals surface area contributed by atoms with Crippen molar-refractivity contribution in [3.63, 3.8) is 0 Å². The standard InChI is InChI=1S/C15H21N3O2/c1-9(2)5-12(8-19)17-15(20)14-7-10-6-11(16)3-4-13(10)18-14/h3-4,6-7,9,12,18-19H,5,8,16H2,1-2H3,(H,17,20). The summed E-state index contributed by atoms with van der Waals surface area (Å²) in [5, 5.41) is 13.0. The van der Waals surface area contributed by atoms with Crippen LogP contribution in [0.3, 0.4) is 0 Å². The van der Waals surface area contributed by atoms with Crippen LogP contribution in [0.5, 0.6) is 0 Å². The minimum atomic E-state index is -0.223. The molecule has 0 saturated heterocycles. The highest BCUT2D eigenvalue weighted by atomic mass is 16.3. The van der Waals surface area contributed by atoms with Crippen LogP contribution in [0.1, 0.15) is 30.8 Å². The fraction of sp³-hybridized carbons (Fsp3) is 0.400. The fourth-order valence-corrected chi connectivity index (χ4v) is 2.28. The smallest absolute Gasteiger partial charge is 0.268 e. The van der Waals surface area contributed by atoms with E-state index in [1.165, 1.54) is 0 Å². The summed E-state index contributed by atoms with van der Waals surface area (Å²) in [6.07, 6.45) is 0.745. The molecule has 0 aliphatic rings. The molecule has 1 atom stereocenters. The minimum absolute atomic E-state index is 0.0584. The van der Waals surface area contributed by atoms with Gasteiger partial charge in [0.2, 0.25) is 0 Å². The Balaban J connectivity index is 2.14. The van der Waals surface area contributed by atoms with E-state index in [9.17, 15) is 9.90 Å². The van der Waals surface area contributed by atoms with Crippen LogP contribution in [0.15, 0.2) is 24.3 Å². The van der Waals surface area contributed by atoms with Gasteiger partial charge in [0.1, 0.15) is 5.69 Å². The first-order valence-electron chi connectivity index (χ1n) is 6.79. The number of anilines is 1. The Morgan fingerprint density at radius 3 is 2.80 bits per heavy atom. The Hall–Kier alpha value is -2.01. The maximum absolute atomic E-state index is 12.2. The number of H-pyrrole nitrogens is 1. The summed E-state index contributed by atoms with van der Waals surface area (Å²) < 4.78 is 0. The molecule has 5 heteroatoms. The predicted octanol–water partition coefficient (Wildman–Crippen LogP) is 1.89. The van der Waals surface area contributed by atoms with E-state index >= 15 is 0 Å². The van der Waals surface area contributed by atoms with Crippen LogP contribution >= 0.6 is 0 Å². The lowest BCUT2D eigenvalue weighted by molar-refractivity contribution is 0.0904. The summed E-state index contributed by atoms with van der Waals surface area (Å²) in [4.78, 5) is 15.2. The van der Waals surface area contributed by atoms with Gasteiger partial charge >= 0.3 is 0 Å². The molecule has 2 aromatic rings. The lowest BCUT2D eigenvalue weighted by atomic mass is 10.0. The molecule has 0 aliphatic carbocycles. The van der Waals surface area contributed by atoms with Crippen LogP contribution in [0.25, 0.3) is 10.9 Å². The van der Waals surface area contributed by atoms with Crippen LogP contribution in [-0.2, 0) is 0 Å². The Morgan fingerprint density at radius 2 is 2.15 bits per heavy atom. The molecule has 1 heterocycles. The van der Waals surface area contributed by atoms with Gasteiger partial charge in [-0.25, -0.2) is 0 Å². The Labute approximate surface area is 118 Å². The number of hydrogen-bond donors (Lipinski definition) is 4. The van der Waals surface area contributed by atoms with Crippen molar-refractivity contribution >= 4 is 22.5 Å². The van der Waals surface area contributed by atoms with Gasteiger partial charge in [0, 0.05) is 16.6 Å². The van der Waals surface area contributed by atoms with Crippen molar-refractivity contribution in [2.24, 2.45) is 5.92 Å². The number of rotatable bonds is 5. The van der Waals surface area contributed by atoms with E-state index in [1.54, 1.807) is 12.1 Å². The number of carbonyl (C=O) groups is 1. The van der Waals surface area contributed by atoms with Crippen LogP contribution in [0, 0.1) is 5.92 Å². The molecule has 1 amide bonds. The molecule has 0 radical (unpaired) electrons. The molecular formula is C15H21N3O2. The fourth-order valence-electron chi connectivity index (χ4n) is 2.28. The third-order valence-corrected chi connectivity index (χ3v) is 3.20. The molecule has 1 aromatic heterocycles. The third-order valence-electron chi connectivity index (χ3n) is 3.20. The summed E-state index contributed by atoms with van der Waals surface area (Å²) in [6.45, 7) is 4.05. The van der Waals surface area contributed by atoms with E-state index < -0.39 is 0 Å². The number of aliphatic hydroxyl groups is 1. The van der Waals surface area contributed by atoms with Crippen molar-refractivity contribution in [3.05, 3.63) is 30.0 Å². The SMILES string of the molecule is CC(C)CC(CO)NC(=O)c1cc2cc(N)ccc2[nH]1. The molecule has 20 heavy (non-hydrogen) atoms. The highest BCUT2D eigenvalue weighted by Crippen LogP contribution is 2.18. The number of nitrogen functional groups attached to an aromatic ring is 1. The van der Waals surface area contributed by atoms with Gasteiger partial charge in [0.05, 0.1) is 12.6 Å². The predicted molar refractivity (Wildman–Crippen MR) is 80.5 cm³/mol.